The second kappa shape index (κ2) is 4.89. The topological polar surface area (TPSA) is 41.1 Å². The van der Waals surface area contributed by atoms with Crippen LogP contribution < -0.4 is 10.6 Å². The molecule has 1 aliphatic heterocycles. The van der Waals surface area contributed by atoms with Gasteiger partial charge in [0, 0.05) is 4.90 Å². The number of anilines is 1. The molecule has 0 aliphatic carbocycles. The number of thioether (sulfide) groups is 1. The summed E-state index contributed by atoms with van der Waals surface area (Å²) in [5, 5.41) is 6.06. The van der Waals surface area contributed by atoms with Crippen LogP contribution in [0.5, 0.6) is 0 Å². The van der Waals surface area contributed by atoms with Crippen molar-refractivity contribution in [3.8, 4) is 0 Å². The molecule has 1 atom stereocenters. The van der Waals surface area contributed by atoms with Crippen LogP contribution in [0.2, 0.25) is 0 Å². The van der Waals surface area contributed by atoms with Crippen LogP contribution in [0.1, 0.15) is 12.5 Å². The molecule has 86 valence electrons. The van der Waals surface area contributed by atoms with E-state index in [-0.39, 0.29) is 11.2 Å². The Morgan fingerprint density at radius 1 is 1.50 bits per heavy atom. The third kappa shape index (κ3) is 2.39. The Labute approximate surface area is 100.0 Å². The SMILES string of the molecule is CNCCc1ccc2c(c1)SC(C)C(=O)N2. The fourth-order valence-corrected chi connectivity index (χ4v) is 2.68. The number of amides is 1. The molecule has 1 heterocycles. The van der Waals surface area contributed by atoms with Gasteiger partial charge in [-0.15, -0.1) is 11.8 Å². The number of nitrogens with one attached hydrogen (secondary N) is 2. The Bertz CT molecular complexity index is 406. The Hall–Kier alpha value is -1.00. The first-order valence-corrected chi connectivity index (χ1v) is 6.33. The van der Waals surface area contributed by atoms with Crippen molar-refractivity contribution in [2.75, 3.05) is 18.9 Å². The quantitative estimate of drug-likeness (QED) is 0.842. The van der Waals surface area contributed by atoms with E-state index in [4.69, 9.17) is 0 Å². The number of likely N-dealkylation sites (N-methyl/N-ethyl adjacent to an activating group) is 1. The van der Waals surface area contributed by atoms with Gasteiger partial charge in [0.15, 0.2) is 0 Å². The third-order valence-corrected chi connectivity index (χ3v) is 3.80. The lowest BCUT2D eigenvalue weighted by molar-refractivity contribution is -0.115. The Morgan fingerprint density at radius 2 is 2.31 bits per heavy atom. The van der Waals surface area contributed by atoms with Crippen molar-refractivity contribution >= 4 is 23.4 Å². The molecule has 0 fully saturated rings. The highest BCUT2D eigenvalue weighted by Gasteiger charge is 2.22. The minimum Gasteiger partial charge on any atom is -0.324 e. The van der Waals surface area contributed by atoms with E-state index < -0.39 is 0 Å². The normalized spacial score (nSPS) is 19.1. The molecule has 0 saturated heterocycles. The fraction of sp³-hybridized carbons (Fsp3) is 0.417. The number of hydrogen-bond acceptors (Lipinski definition) is 3. The summed E-state index contributed by atoms with van der Waals surface area (Å²) in [5.74, 6) is 0.0977. The summed E-state index contributed by atoms with van der Waals surface area (Å²) in [5.41, 5.74) is 2.25. The summed E-state index contributed by atoms with van der Waals surface area (Å²) in [4.78, 5) is 12.7. The van der Waals surface area contributed by atoms with E-state index in [9.17, 15) is 4.79 Å². The van der Waals surface area contributed by atoms with Gasteiger partial charge >= 0.3 is 0 Å². The molecule has 1 amide bonds. The van der Waals surface area contributed by atoms with Gasteiger partial charge in [0.25, 0.3) is 0 Å². The molecule has 0 aromatic heterocycles. The highest BCUT2D eigenvalue weighted by Crippen LogP contribution is 2.35. The van der Waals surface area contributed by atoms with E-state index in [1.807, 2.05) is 20.0 Å². The average molecular weight is 236 g/mol. The molecule has 0 spiro atoms. The lowest BCUT2D eigenvalue weighted by Crippen LogP contribution is -2.26. The Morgan fingerprint density at radius 3 is 3.06 bits per heavy atom. The van der Waals surface area contributed by atoms with E-state index >= 15 is 0 Å². The van der Waals surface area contributed by atoms with Crippen molar-refractivity contribution in [3.05, 3.63) is 23.8 Å². The fourth-order valence-electron chi connectivity index (χ4n) is 1.67. The summed E-state index contributed by atoms with van der Waals surface area (Å²) in [6, 6.07) is 6.25. The van der Waals surface area contributed by atoms with Crippen LogP contribution in [0.4, 0.5) is 5.69 Å². The van der Waals surface area contributed by atoms with Crippen LogP contribution >= 0.6 is 11.8 Å². The maximum absolute atomic E-state index is 11.5. The van der Waals surface area contributed by atoms with Crippen LogP contribution in [0.15, 0.2) is 23.1 Å². The van der Waals surface area contributed by atoms with Gasteiger partial charge in [0.1, 0.15) is 0 Å². The van der Waals surface area contributed by atoms with Gasteiger partial charge in [-0.3, -0.25) is 4.79 Å². The van der Waals surface area contributed by atoms with Crippen molar-refractivity contribution in [2.24, 2.45) is 0 Å². The number of hydrogen-bond donors (Lipinski definition) is 2. The van der Waals surface area contributed by atoms with E-state index in [1.54, 1.807) is 11.8 Å². The van der Waals surface area contributed by atoms with Gasteiger partial charge in [-0.1, -0.05) is 6.07 Å². The summed E-state index contributed by atoms with van der Waals surface area (Å²) in [7, 11) is 1.95. The maximum Gasteiger partial charge on any atom is 0.237 e. The predicted molar refractivity (Wildman–Crippen MR) is 68.0 cm³/mol. The number of benzene rings is 1. The number of rotatable bonds is 3. The number of carbonyl (C=O) groups is 1. The number of carbonyl (C=O) groups excluding carboxylic acids is 1. The molecule has 1 aromatic rings. The summed E-state index contributed by atoms with van der Waals surface area (Å²) < 4.78 is 0. The number of fused-ring (bicyclic) bond motifs is 1. The van der Waals surface area contributed by atoms with Crippen molar-refractivity contribution < 1.29 is 4.79 Å². The first-order chi connectivity index (χ1) is 7.70. The monoisotopic (exact) mass is 236 g/mol. The molecule has 2 N–H and O–H groups in total. The summed E-state index contributed by atoms with van der Waals surface area (Å²) >= 11 is 1.64. The van der Waals surface area contributed by atoms with E-state index in [0.29, 0.717) is 0 Å². The molecular weight excluding hydrogens is 220 g/mol. The molecular formula is C12H16N2OS. The minimum atomic E-state index is 0.00653. The zero-order valence-electron chi connectivity index (χ0n) is 9.54. The molecule has 2 rings (SSSR count). The van der Waals surface area contributed by atoms with Crippen LogP contribution in [0.3, 0.4) is 0 Å². The van der Waals surface area contributed by atoms with E-state index in [0.717, 1.165) is 18.7 Å². The standard InChI is InChI=1S/C12H16N2OS/c1-8-12(15)14-10-4-3-9(5-6-13-2)7-11(10)16-8/h3-4,7-8,13H,5-6H2,1-2H3,(H,14,15). The molecule has 0 bridgehead atoms. The van der Waals surface area contributed by atoms with Crippen LogP contribution in [0.25, 0.3) is 0 Å². The molecule has 0 saturated carbocycles. The van der Waals surface area contributed by atoms with Crippen molar-refractivity contribution in [1.29, 1.82) is 0 Å². The zero-order valence-corrected chi connectivity index (χ0v) is 10.4. The molecule has 1 aromatic carbocycles. The van der Waals surface area contributed by atoms with Gasteiger partial charge in [0.05, 0.1) is 10.9 Å². The van der Waals surface area contributed by atoms with Gasteiger partial charge < -0.3 is 10.6 Å². The van der Waals surface area contributed by atoms with Gasteiger partial charge in [-0.2, -0.15) is 0 Å². The summed E-state index contributed by atoms with van der Waals surface area (Å²) in [6.45, 7) is 2.91. The highest BCUT2D eigenvalue weighted by atomic mass is 32.2. The summed E-state index contributed by atoms with van der Waals surface area (Å²) in [6.07, 6.45) is 1.02. The second-order valence-electron chi connectivity index (χ2n) is 3.93. The highest BCUT2D eigenvalue weighted by molar-refractivity contribution is 8.00. The molecule has 1 aliphatic rings. The molecule has 3 nitrogen and oxygen atoms in total. The predicted octanol–water partition coefficient (Wildman–Crippen LogP) is 1.88. The smallest absolute Gasteiger partial charge is 0.237 e. The largest absolute Gasteiger partial charge is 0.324 e. The Kier molecular flexibility index (Phi) is 3.51. The van der Waals surface area contributed by atoms with Crippen molar-refractivity contribution in [3.63, 3.8) is 0 Å². The maximum atomic E-state index is 11.5. The molecule has 1 unspecified atom stereocenters. The molecule has 16 heavy (non-hydrogen) atoms. The van der Waals surface area contributed by atoms with Crippen molar-refractivity contribution in [2.45, 2.75) is 23.5 Å². The Balaban J connectivity index is 2.19. The minimum absolute atomic E-state index is 0.00653. The first kappa shape index (κ1) is 11.5. The second-order valence-corrected chi connectivity index (χ2v) is 5.32. The third-order valence-electron chi connectivity index (χ3n) is 2.64. The zero-order chi connectivity index (χ0) is 11.5. The van der Waals surface area contributed by atoms with Crippen LogP contribution in [0, 0.1) is 0 Å². The van der Waals surface area contributed by atoms with Gasteiger partial charge in [-0.25, -0.2) is 0 Å². The molecule has 4 heteroatoms. The van der Waals surface area contributed by atoms with Crippen LogP contribution in [-0.2, 0) is 11.2 Å². The lowest BCUT2D eigenvalue weighted by Gasteiger charge is -2.21. The lowest BCUT2D eigenvalue weighted by atomic mass is 10.1. The van der Waals surface area contributed by atoms with Gasteiger partial charge in [0.2, 0.25) is 5.91 Å². The van der Waals surface area contributed by atoms with E-state index in [1.165, 1.54) is 10.5 Å². The van der Waals surface area contributed by atoms with E-state index in [2.05, 4.69) is 22.8 Å². The van der Waals surface area contributed by atoms with Gasteiger partial charge in [-0.05, 0) is 44.6 Å². The van der Waals surface area contributed by atoms with Crippen LogP contribution in [-0.4, -0.2) is 24.7 Å². The molecule has 0 radical (unpaired) electrons. The average Bonchev–Trinajstić information content (AvgIpc) is 2.28. The van der Waals surface area contributed by atoms with Crippen molar-refractivity contribution in [1.82, 2.24) is 5.32 Å². The first-order valence-electron chi connectivity index (χ1n) is 5.46.